The zero-order valence-corrected chi connectivity index (χ0v) is 11.1. The second kappa shape index (κ2) is 5.13. The first-order valence-electron chi connectivity index (χ1n) is 6.83. The maximum atomic E-state index is 14.2. The molecule has 1 N–H and O–H groups in total. The Morgan fingerprint density at radius 3 is 3.00 bits per heavy atom. The van der Waals surface area contributed by atoms with E-state index in [-0.39, 0.29) is 5.82 Å². The maximum absolute atomic E-state index is 14.2. The molecule has 1 aliphatic rings. The summed E-state index contributed by atoms with van der Waals surface area (Å²) in [4.78, 5) is 4.28. The van der Waals surface area contributed by atoms with Crippen LogP contribution in [0.15, 0.2) is 30.6 Å². The molecule has 0 bridgehead atoms. The smallest absolute Gasteiger partial charge is 0.147 e. The fourth-order valence-corrected chi connectivity index (χ4v) is 2.31. The first-order chi connectivity index (χ1) is 9.29. The van der Waals surface area contributed by atoms with E-state index in [1.54, 1.807) is 12.3 Å². The summed E-state index contributed by atoms with van der Waals surface area (Å²) in [6.45, 7) is 2.74. The second-order valence-electron chi connectivity index (χ2n) is 4.97. The first kappa shape index (κ1) is 12.4. The van der Waals surface area contributed by atoms with Crippen molar-refractivity contribution in [2.45, 2.75) is 38.8 Å². The highest BCUT2D eigenvalue weighted by atomic mass is 19.1. The van der Waals surface area contributed by atoms with E-state index < -0.39 is 0 Å². The SMILES string of the molecule is CCc1nccn1-c1c(F)cccc1CNC1CC1. The molecule has 1 saturated carbocycles. The number of imidazole rings is 1. The number of rotatable bonds is 5. The average molecular weight is 259 g/mol. The van der Waals surface area contributed by atoms with Crippen molar-refractivity contribution in [3.63, 3.8) is 0 Å². The minimum atomic E-state index is -0.192. The van der Waals surface area contributed by atoms with Crippen LogP contribution >= 0.6 is 0 Å². The number of benzene rings is 1. The average Bonchev–Trinajstić information content (AvgIpc) is 3.13. The quantitative estimate of drug-likeness (QED) is 0.894. The minimum Gasteiger partial charge on any atom is -0.310 e. The van der Waals surface area contributed by atoms with E-state index in [2.05, 4.69) is 10.3 Å². The van der Waals surface area contributed by atoms with Gasteiger partial charge in [-0.3, -0.25) is 0 Å². The van der Waals surface area contributed by atoms with Gasteiger partial charge < -0.3 is 9.88 Å². The van der Waals surface area contributed by atoms with Gasteiger partial charge in [-0.15, -0.1) is 0 Å². The van der Waals surface area contributed by atoms with Crippen molar-refractivity contribution in [2.24, 2.45) is 0 Å². The summed E-state index contributed by atoms with van der Waals surface area (Å²) in [6, 6.07) is 5.87. The van der Waals surface area contributed by atoms with Crippen LogP contribution in [0, 0.1) is 5.82 Å². The van der Waals surface area contributed by atoms with Gasteiger partial charge in [-0.25, -0.2) is 9.37 Å². The predicted molar refractivity (Wildman–Crippen MR) is 72.8 cm³/mol. The molecule has 1 fully saturated rings. The Balaban J connectivity index is 1.97. The van der Waals surface area contributed by atoms with Gasteiger partial charge in [0.25, 0.3) is 0 Å². The predicted octanol–water partition coefficient (Wildman–Crippen LogP) is 2.83. The van der Waals surface area contributed by atoms with Gasteiger partial charge in [-0.1, -0.05) is 19.1 Å². The molecule has 0 aliphatic heterocycles. The summed E-state index contributed by atoms with van der Waals surface area (Å²) in [5.41, 5.74) is 1.62. The van der Waals surface area contributed by atoms with E-state index in [0.717, 1.165) is 17.8 Å². The summed E-state index contributed by atoms with van der Waals surface area (Å²) >= 11 is 0. The normalized spacial score (nSPS) is 14.8. The topological polar surface area (TPSA) is 29.9 Å². The van der Waals surface area contributed by atoms with Crippen molar-refractivity contribution in [3.8, 4) is 5.69 Å². The number of halogens is 1. The van der Waals surface area contributed by atoms with Crippen LogP contribution in [-0.4, -0.2) is 15.6 Å². The molecule has 0 spiro atoms. The maximum Gasteiger partial charge on any atom is 0.147 e. The van der Waals surface area contributed by atoms with E-state index >= 15 is 0 Å². The highest BCUT2D eigenvalue weighted by molar-refractivity contribution is 5.43. The zero-order chi connectivity index (χ0) is 13.2. The molecule has 4 heteroatoms. The standard InChI is InChI=1S/C15H18FN3/c1-2-14-17-8-9-19(14)15-11(4-3-5-13(15)16)10-18-12-6-7-12/h3-5,8-9,12,18H,2,6-7,10H2,1H3. The lowest BCUT2D eigenvalue weighted by Crippen LogP contribution is -2.17. The van der Waals surface area contributed by atoms with E-state index in [4.69, 9.17) is 0 Å². The number of nitrogens with one attached hydrogen (secondary N) is 1. The summed E-state index contributed by atoms with van der Waals surface area (Å²) in [5.74, 6) is 0.695. The molecule has 1 heterocycles. The Kier molecular flexibility index (Phi) is 3.34. The molecule has 19 heavy (non-hydrogen) atoms. The van der Waals surface area contributed by atoms with Crippen molar-refractivity contribution in [1.29, 1.82) is 0 Å². The number of para-hydroxylation sites is 1. The van der Waals surface area contributed by atoms with Crippen LogP contribution in [0.1, 0.15) is 31.2 Å². The molecular formula is C15H18FN3. The van der Waals surface area contributed by atoms with E-state index in [0.29, 0.717) is 18.3 Å². The lowest BCUT2D eigenvalue weighted by Gasteiger charge is -2.14. The van der Waals surface area contributed by atoms with Gasteiger partial charge in [0.15, 0.2) is 0 Å². The van der Waals surface area contributed by atoms with Crippen molar-refractivity contribution in [3.05, 3.63) is 47.8 Å². The first-order valence-corrected chi connectivity index (χ1v) is 6.83. The Bertz CT molecular complexity index is 573. The van der Waals surface area contributed by atoms with E-state index in [1.807, 2.05) is 23.8 Å². The molecule has 1 aliphatic carbocycles. The molecular weight excluding hydrogens is 241 g/mol. The van der Waals surface area contributed by atoms with Gasteiger partial charge in [0.2, 0.25) is 0 Å². The lowest BCUT2D eigenvalue weighted by molar-refractivity contribution is 0.605. The van der Waals surface area contributed by atoms with E-state index in [9.17, 15) is 4.39 Å². The summed E-state index contributed by atoms with van der Waals surface area (Å²) < 4.78 is 16.1. The Labute approximate surface area is 112 Å². The van der Waals surface area contributed by atoms with Crippen LogP contribution < -0.4 is 5.32 Å². The molecule has 0 radical (unpaired) electrons. The van der Waals surface area contributed by atoms with Gasteiger partial charge >= 0.3 is 0 Å². The molecule has 2 aromatic rings. The molecule has 0 unspecified atom stereocenters. The summed E-state index contributed by atoms with van der Waals surface area (Å²) in [5, 5.41) is 3.44. The molecule has 1 aromatic heterocycles. The Hall–Kier alpha value is -1.68. The monoisotopic (exact) mass is 259 g/mol. The minimum absolute atomic E-state index is 0.192. The molecule has 100 valence electrons. The van der Waals surface area contributed by atoms with Crippen LogP contribution in [0.4, 0.5) is 4.39 Å². The highest BCUT2D eigenvalue weighted by Gasteiger charge is 2.21. The van der Waals surface area contributed by atoms with E-state index in [1.165, 1.54) is 18.9 Å². The summed E-state index contributed by atoms with van der Waals surface area (Å²) in [7, 11) is 0. The lowest BCUT2D eigenvalue weighted by atomic mass is 10.1. The molecule has 1 aromatic carbocycles. The third-order valence-electron chi connectivity index (χ3n) is 3.50. The third kappa shape index (κ3) is 2.54. The Morgan fingerprint density at radius 2 is 2.26 bits per heavy atom. The zero-order valence-electron chi connectivity index (χ0n) is 11.1. The van der Waals surface area contributed by atoms with Gasteiger partial charge in [-0.2, -0.15) is 0 Å². The fraction of sp³-hybridized carbons (Fsp3) is 0.400. The van der Waals surface area contributed by atoms with Crippen molar-refractivity contribution in [1.82, 2.24) is 14.9 Å². The van der Waals surface area contributed by atoms with Crippen molar-refractivity contribution < 1.29 is 4.39 Å². The van der Waals surface area contributed by atoms with Gasteiger partial charge in [0, 0.05) is 31.4 Å². The number of aryl methyl sites for hydroxylation is 1. The second-order valence-corrected chi connectivity index (χ2v) is 4.97. The van der Waals surface area contributed by atoms with Crippen LogP contribution in [0.25, 0.3) is 5.69 Å². The van der Waals surface area contributed by atoms with Crippen LogP contribution in [0.5, 0.6) is 0 Å². The largest absolute Gasteiger partial charge is 0.310 e. The van der Waals surface area contributed by atoms with Crippen molar-refractivity contribution >= 4 is 0 Å². The molecule has 3 rings (SSSR count). The number of hydrogen-bond acceptors (Lipinski definition) is 2. The van der Waals surface area contributed by atoms with Gasteiger partial charge in [-0.05, 0) is 24.5 Å². The fourth-order valence-electron chi connectivity index (χ4n) is 2.31. The van der Waals surface area contributed by atoms with Gasteiger partial charge in [0.05, 0.1) is 5.69 Å². The molecule has 0 atom stereocenters. The third-order valence-corrected chi connectivity index (χ3v) is 3.50. The molecule has 0 saturated heterocycles. The van der Waals surface area contributed by atoms with Crippen LogP contribution in [0.2, 0.25) is 0 Å². The van der Waals surface area contributed by atoms with Crippen molar-refractivity contribution in [2.75, 3.05) is 0 Å². The molecule has 3 nitrogen and oxygen atoms in total. The highest BCUT2D eigenvalue weighted by Crippen LogP contribution is 2.23. The van der Waals surface area contributed by atoms with Crippen LogP contribution in [-0.2, 0) is 13.0 Å². The van der Waals surface area contributed by atoms with Gasteiger partial charge in [0.1, 0.15) is 11.6 Å². The van der Waals surface area contributed by atoms with Crippen LogP contribution in [0.3, 0.4) is 0 Å². The Morgan fingerprint density at radius 1 is 1.42 bits per heavy atom. The number of aromatic nitrogens is 2. The summed E-state index contributed by atoms with van der Waals surface area (Å²) in [6.07, 6.45) is 6.81. The number of hydrogen-bond donors (Lipinski definition) is 1. The molecule has 0 amide bonds. The number of nitrogens with zero attached hydrogens (tertiary/aromatic N) is 2.